The molecular weight excluding hydrogens is 444 g/mol. The van der Waals surface area contributed by atoms with Crippen LogP contribution in [0.25, 0.3) is 16.9 Å². The van der Waals surface area contributed by atoms with E-state index in [-0.39, 0.29) is 5.56 Å². The average molecular weight is 475 g/mol. The largest absolute Gasteiger partial charge is 0.494 e. The summed E-state index contributed by atoms with van der Waals surface area (Å²) in [6.07, 6.45) is 2.87. The summed E-state index contributed by atoms with van der Waals surface area (Å²) in [6.45, 7) is 1.83. The van der Waals surface area contributed by atoms with Gasteiger partial charge in [0.2, 0.25) is 5.95 Å². The zero-order valence-corrected chi connectivity index (χ0v) is 20.6. The minimum absolute atomic E-state index is 0.280. The van der Waals surface area contributed by atoms with E-state index in [1.807, 2.05) is 56.6 Å². The zero-order chi connectivity index (χ0) is 24.9. The molecule has 0 spiro atoms. The second-order valence-electron chi connectivity index (χ2n) is 8.37. The van der Waals surface area contributed by atoms with Crippen LogP contribution in [0.2, 0.25) is 0 Å². The highest BCUT2D eigenvalue weighted by atomic mass is 16.5. The summed E-state index contributed by atoms with van der Waals surface area (Å²) in [4.78, 5) is 30.3. The van der Waals surface area contributed by atoms with Crippen LogP contribution >= 0.6 is 0 Å². The third kappa shape index (κ3) is 5.33. The van der Waals surface area contributed by atoms with Gasteiger partial charge < -0.3 is 25.2 Å². The van der Waals surface area contributed by atoms with Gasteiger partial charge in [0.05, 0.1) is 30.9 Å². The number of nitrogens with one attached hydrogen (secondary N) is 2. The summed E-state index contributed by atoms with van der Waals surface area (Å²) in [5, 5.41) is 6.31. The van der Waals surface area contributed by atoms with Crippen molar-refractivity contribution in [1.82, 2.24) is 24.4 Å². The molecule has 4 rings (SSSR count). The van der Waals surface area contributed by atoms with Gasteiger partial charge in [0.15, 0.2) is 5.65 Å². The smallest absolute Gasteiger partial charge is 0.275 e. The first-order chi connectivity index (χ1) is 16.9. The molecule has 0 amide bonds. The van der Waals surface area contributed by atoms with Gasteiger partial charge in [-0.15, -0.1) is 0 Å². The SMILES string of the molecule is CNc1cccc(-n2c(=O)cnc3cnc(Nc4ccc(N(C)CCN(C)C)cc4OC)nc32)c1. The molecule has 2 heterocycles. The molecule has 2 N–H and O–H groups in total. The van der Waals surface area contributed by atoms with Crippen LogP contribution in [0.5, 0.6) is 5.75 Å². The van der Waals surface area contributed by atoms with Crippen LogP contribution in [0.15, 0.2) is 59.7 Å². The molecule has 0 saturated heterocycles. The lowest BCUT2D eigenvalue weighted by atomic mass is 10.2. The molecule has 0 aliphatic heterocycles. The normalized spacial score (nSPS) is 11.0. The van der Waals surface area contributed by atoms with Gasteiger partial charge in [0.1, 0.15) is 11.3 Å². The summed E-state index contributed by atoms with van der Waals surface area (Å²) in [5.41, 5.74) is 3.95. The predicted molar refractivity (Wildman–Crippen MR) is 141 cm³/mol. The highest BCUT2D eigenvalue weighted by Crippen LogP contribution is 2.31. The molecule has 0 aliphatic rings. The summed E-state index contributed by atoms with van der Waals surface area (Å²) in [6, 6.07) is 13.5. The van der Waals surface area contributed by atoms with Crippen LogP contribution in [-0.2, 0) is 0 Å². The van der Waals surface area contributed by atoms with Crippen molar-refractivity contribution in [1.29, 1.82) is 0 Å². The van der Waals surface area contributed by atoms with Crippen molar-refractivity contribution in [3.63, 3.8) is 0 Å². The van der Waals surface area contributed by atoms with Crippen LogP contribution in [0.4, 0.5) is 23.0 Å². The fourth-order valence-corrected chi connectivity index (χ4v) is 3.64. The Balaban J connectivity index is 1.69. The van der Waals surface area contributed by atoms with E-state index >= 15 is 0 Å². The Morgan fingerprint density at radius 3 is 2.60 bits per heavy atom. The number of likely N-dealkylation sites (N-methyl/N-ethyl adjacent to an activating group) is 2. The molecule has 0 saturated carbocycles. The third-order valence-corrected chi connectivity index (χ3v) is 5.64. The number of benzene rings is 2. The summed E-state index contributed by atoms with van der Waals surface area (Å²) in [5.74, 6) is 0.989. The van der Waals surface area contributed by atoms with E-state index in [9.17, 15) is 4.79 Å². The van der Waals surface area contributed by atoms with Gasteiger partial charge in [0.25, 0.3) is 5.56 Å². The molecule has 0 atom stereocenters. The minimum atomic E-state index is -0.280. The van der Waals surface area contributed by atoms with Gasteiger partial charge in [0, 0.05) is 44.6 Å². The molecule has 0 fully saturated rings. The first-order valence-corrected chi connectivity index (χ1v) is 11.2. The van der Waals surface area contributed by atoms with Crippen molar-refractivity contribution in [3.8, 4) is 11.4 Å². The topological polar surface area (TPSA) is 100 Å². The molecule has 0 radical (unpaired) electrons. The molecule has 4 aromatic rings. The summed E-state index contributed by atoms with van der Waals surface area (Å²) in [7, 11) is 9.61. The van der Waals surface area contributed by atoms with Crippen molar-refractivity contribution >= 4 is 34.2 Å². The van der Waals surface area contributed by atoms with Crippen molar-refractivity contribution < 1.29 is 4.74 Å². The number of fused-ring (bicyclic) bond motifs is 1. The van der Waals surface area contributed by atoms with Crippen molar-refractivity contribution in [2.75, 3.05) is 63.9 Å². The molecule has 0 aliphatic carbocycles. The van der Waals surface area contributed by atoms with E-state index in [1.165, 1.54) is 10.8 Å². The number of nitrogens with zero attached hydrogens (tertiary/aromatic N) is 6. The third-order valence-electron chi connectivity index (χ3n) is 5.64. The number of hydrogen-bond donors (Lipinski definition) is 2. The Labute approximate surface area is 204 Å². The van der Waals surface area contributed by atoms with Gasteiger partial charge in [-0.2, -0.15) is 4.98 Å². The molecule has 0 unspecified atom stereocenters. The molecule has 10 heteroatoms. The fourth-order valence-electron chi connectivity index (χ4n) is 3.64. The zero-order valence-electron chi connectivity index (χ0n) is 20.6. The lowest BCUT2D eigenvalue weighted by Gasteiger charge is -2.22. The lowest BCUT2D eigenvalue weighted by Crippen LogP contribution is -2.28. The molecule has 0 bridgehead atoms. The van der Waals surface area contributed by atoms with E-state index in [0.717, 1.165) is 24.5 Å². The number of hydrogen-bond acceptors (Lipinski definition) is 9. The van der Waals surface area contributed by atoms with E-state index in [1.54, 1.807) is 13.3 Å². The van der Waals surface area contributed by atoms with E-state index in [0.29, 0.717) is 34.2 Å². The lowest BCUT2D eigenvalue weighted by molar-refractivity contribution is 0.413. The maximum atomic E-state index is 12.8. The Kier molecular flexibility index (Phi) is 7.11. The Morgan fingerprint density at radius 2 is 1.86 bits per heavy atom. The quantitative estimate of drug-likeness (QED) is 0.379. The molecule has 2 aromatic heterocycles. The number of ether oxygens (including phenoxy) is 1. The van der Waals surface area contributed by atoms with Crippen molar-refractivity contribution in [2.24, 2.45) is 0 Å². The van der Waals surface area contributed by atoms with E-state index in [4.69, 9.17) is 4.74 Å². The van der Waals surface area contributed by atoms with Crippen LogP contribution in [0, 0.1) is 0 Å². The molecule has 10 nitrogen and oxygen atoms in total. The van der Waals surface area contributed by atoms with Gasteiger partial charge in [-0.05, 0) is 44.4 Å². The average Bonchev–Trinajstić information content (AvgIpc) is 2.87. The summed E-state index contributed by atoms with van der Waals surface area (Å²) < 4.78 is 7.15. The Morgan fingerprint density at radius 1 is 1.03 bits per heavy atom. The Bertz CT molecular complexity index is 1390. The number of rotatable bonds is 9. The minimum Gasteiger partial charge on any atom is -0.494 e. The van der Waals surface area contributed by atoms with Gasteiger partial charge in [-0.25, -0.2) is 9.97 Å². The van der Waals surface area contributed by atoms with Crippen molar-refractivity contribution in [2.45, 2.75) is 0 Å². The molecule has 2 aromatic carbocycles. The fraction of sp³-hybridized carbons (Fsp3) is 0.280. The molecule has 35 heavy (non-hydrogen) atoms. The highest BCUT2D eigenvalue weighted by Gasteiger charge is 2.13. The second kappa shape index (κ2) is 10.4. The first kappa shape index (κ1) is 24.0. The molecule has 182 valence electrons. The summed E-state index contributed by atoms with van der Waals surface area (Å²) >= 11 is 0. The number of aromatic nitrogens is 4. The highest BCUT2D eigenvalue weighted by molar-refractivity contribution is 5.75. The van der Waals surface area contributed by atoms with Gasteiger partial charge in [-0.3, -0.25) is 9.36 Å². The first-order valence-electron chi connectivity index (χ1n) is 11.2. The maximum absolute atomic E-state index is 12.8. The monoisotopic (exact) mass is 474 g/mol. The predicted octanol–water partition coefficient (Wildman–Crippen LogP) is 2.97. The van der Waals surface area contributed by atoms with Crippen LogP contribution < -0.4 is 25.8 Å². The van der Waals surface area contributed by atoms with Gasteiger partial charge in [-0.1, -0.05) is 6.07 Å². The Hall–Kier alpha value is -4.18. The van der Waals surface area contributed by atoms with Crippen LogP contribution in [0.3, 0.4) is 0 Å². The number of methoxy groups -OCH3 is 1. The van der Waals surface area contributed by atoms with E-state index in [2.05, 4.69) is 49.5 Å². The maximum Gasteiger partial charge on any atom is 0.275 e. The van der Waals surface area contributed by atoms with Gasteiger partial charge >= 0.3 is 0 Å². The standard InChI is InChI=1S/C25H30N8O2/c1-26-17-7-6-8-19(13-17)33-23(34)16-27-21-15-28-25(30-24(21)33)29-20-10-9-18(14-22(20)35-5)32(4)12-11-31(2)3/h6-10,13-16,26H,11-12H2,1-5H3,(H,28,29,30). The van der Waals surface area contributed by atoms with Crippen LogP contribution in [0.1, 0.15) is 0 Å². The molecular formula is C25H30N8O2. The van der Waals surface area contributed by atoms with Crippen LogP contribution in [-0.4, -0.2) is 72.8 Å². The number of anilines is 4. The second-order valence-corrected chi connectivity index (χ2v) is 8.37. The van der Waals surface area contributed by atoms with E-state index < -0.39 is 0 Å². The van der Waals surface area contributed by atoms with Crippen molar-refractivity contribution in [3.05, 3.63) is 65.2 Å².